The van der Waals surface area contributed by atoms with Gasteiger partial charge in [-0.05, 0) is 23.8 Å². The molecule has 0 saturated carbocycles. The quantitative estimate of drug-likeness (QED) is 0.569. The zero-order chi connectivity index (χ0) is 19.4. The number of aromatic nitrogens is 2. The van der Waals surface area contributed by atoms with E-state index in [1.807, 2.05) is 24.3 Å². The monoisotopic (exact) mass is 363 g/mol. The molecule has 0 radical (unpaired) electrons. The van der Waals surface area contributed by atoms with E-state index < -0.39 is 0 Å². The van der Waals surface area contributed by atoms with Crippen molar-refractivity contribution in [1.29, 1.82) is 0 Å². The van der Waals surface area contributed by atoms with Gasteiger partial charge >= 0.3 is 0 Å². The first kappa shape index (κ1) is 18.0. The lowest BCUT2D eigenvalue weighted by Gasteiger charge is -2.28. The van der Waals surface area contributed by atoms with Crippen molar-refractivity contribution in [3.05, 3.63) is 78.4 Å². The largest absolute Gasteiger partial charge is 0.368 e. The maximum atomic E-state index is 12.0. The second-order valence-corrected chi connectivity index (χ2v) is 6.08. The van der Waals surface area contributed by atoms with Gasteiger partial charge in [0.05, 0.1) is 11.9 Å². The van der Waals surface area contributed by atoms with Crippen LogP contribution in [0.25, 0.3) is 5.57 Å². The molecule has 0 saturated heterocycles. The van der Waals surface area contributed by atoms with Gasteiger partial charge in [0.25, 0.3) is 5.91 Å². The number of carbonyl (C=O) groups is 1. The van der Waals surface area contributed by atoms with Crippen molar-refractivity contribution in [2.45, 2.75) is 0 Å². The van der Waals surface area contributed by atoms with Crippen LogP contribution in [0.5, 0.6) is 0 Å². The van der Waals surface area contributed by atoms with Gasteiger partial charge in [-0.1, -0.05) is 24.8 Å². The van der Waals surface area contributed by atoms with Gasteiger partial charge in [0, 0.05) is 37.6 Å². The summed E-state index contributed by atoms with van der Waals surface area (Å²) in [5.74, 6) is 0.166. The number of hydrogen-bond donors (Lipinski definition) is 3. The third-order valence-electron chi connectivity index (χ3n) is 3.92. The fraction of sp³-hybridized carbons (Fsp3) is 0.105. The summed E-state index contributed by atoms with van der Waals surface area (Å²) >= 11 is 0. The molecule has 1 aromatic heterocycles. The van der Waals surface area contributed by atoms with Gasteiger partial charge in [-0.25, -0.2) is 4.99 Å². The standard InChI is InChI=1S/C19H21N7O/c1-13-17(14-6-8-15(9-7-14)18(27)25(2)3)5-4-10-26(13)24-19(20)23-16-11-21-22-12-16/h4-12H,1H2,2-3H3,(H,21,22)(H3,20,23,24). The number of nitrogens with two attached hydrogens (primary N) is 1. The van der Waals surface area contributed by atoms with E-state index in [1.165, 1.54) is 0 Å². The van der Waals surface area contributed by atoms with Gasteiger partial charge in [0.1, 0.15) is 5.69 Å². The lowest BCUT2D eigenvalue weighted by atomic mass is 9.99. The van der Waals surface area contributed by atoms with Crippen molar-refractivity contribution in [3.8, 4) is 0 Å². The average Bonchev–Trinajstić information content (AvgIpc) is 3.16. The van der Waals surface area contributed by atoms with Crippen molar-refractivity contribution in [2.24, 2.45) is 10.7 Å². The summed E-state index contributed by atoms with van der Waals surface area (Å²) in [7, 11) is 3.46. The Morgan fingerprint density at radius 1 is 1.33 bits per heavy atom. The van der Waals surface area contributed by atoms with Crippen LogP contribution in [-0.4, -0.2) is 46.1 Å². The second-order valence-electron chi connectivity index (χ2n) is 6.08. The van der Waals surface area contributed by atoms with E-state index in [4.69, 9.17) is 5.73 Å². The number of aromatic amines is 1. The van der Waals surface area contributed by atoms with E-state index in [0.717, 1.165) is 11.1 Å². The Hall–Kier alpha value is -3.81. The van der Waals surface area contributed by atoms with E-state index in [-0.39, 0.29) is 11.9 Å². The number of allylic oxidation sites excluding steroid dienone is 3. The second kappa shape index (κ2) is 7.61. The van der Waals surface area contributed by atoms with Crippen LogP contribution in [0.4, 0.5) is 5.69 Å². The molecule has 0 aliphatic carbocycles. The zero-order valence-electron chi connectivity index (χ0n) is 15.2. The minimum absolute atomic E-state index is 0.0376. The third-order valence-corrected chi connectivity index (χ3v) is 3.92. The molecule has 138 valence electrons. The van der Waals surface area contributed by atoms with Crippen molar-refractivity contribution in [2.75, 3.05) is 14.1 Å². The van der Waals surface area contributed by atoms with E-state index in [2.05, 4.69) is 27.2 Å². The van der Waals surface area contributed by atoms with Gasteiger partial charge in [0.2, 0.25) is 5.96 Å². The van der Waals surface area contributed by atoms with Gasteiger partial charge < -0.3 is 10.6 Å². The molecule has 0 unspecified atom stereocenters. The predicted molar refractivity (Wildman–Crippen MR) is 106 cm³/mol. The molecule has 1 aliphatic rings. The van der Waals surface area contributed by atoms with Crippen LogP contribution in [-0.2, 0) is 0 Å². The summed E-state index contributed by atoms with van der Waals surface area (Å²) in [4.78, 5) is 17.8. The Kier molecular flexibility index (Phi) is 5.07. The minimum atomic E-state index is -0.0376. The molecule has 0 fully saturated rings. The highest BCUT2D eigenvalue weighted by Gasteiger charge is 2.16. The number of hydrazine groups is 1. The highest BCUT2D eigenvalue weighted by molar-refractivity contribution is 5.94. The van der Waals surface area contributed by atoms with Crippen LogP contribution < -0.4 is 11.2 Å². The van der Waals surface area contributed by atoms with Gasteiger partial charge in [-0.15, -0.1) is 0 Å². The number of aliphatic imine (C=N–C) groups is 1. The van der Waals surface area contributed by atoms with Crippen LogP contribution in [0.1, 0.15) is 15.9 Å². The van der Waals surface area contributed by atoms with Gasteiger partial charge in [-0.3, -0.25) is 20.3 Å². The molecule has 8 nitrogen and oxygen atoms in total. The van der Waals surface area contributed by atoms with Gasteiger partial charge in [-0.2, -0.15) is 5.10 Å². The Balaban J connectivity index is 1.74. The van der Waals surface area contributed by atoms with Crippen molar-refractivity contribution < 1.29 is 4.79 Å². The third kappa shape index (κ3) is 4.06. The number of amides is 1. The molecule has 2 heterocycles. The molecule has 27 heavy (non-hydrogen) atoms. The fourth-order valence-electron chi connectivity index (χ4n) is 2.55. The van der Waals surface area contributed by atoms with E-state index >= 15 is 0 Å². The van der Waals surface area contributed by atoms with Crippen LogP contribution in [0.3, 0.4) is 0 Å². The Morgan fingerprint density at radius 2 is 2.07 bits per heavy atom. The zero-order valence-corrected chi connectivity index (χ0v) is 15.2. The smallest absolute Gasteiger partial charge is 0.253 e. The van der Waals surface area contributed by atoms with Crippen LogP contribution in [0.15, 0.2) is 72.3 Å². The molecule has 0 bridgehead atoms. The number of H-pyrrole nitrogens is 1. The Bertz CT molecular complexity index is 921. The van der Waals surface area contributed by atoms with Gasteiger partial charge in [0.15, 0.2) is 0 Å². The summed E-state index contributed by atoms with van der Waals surface area (Å²) in [5, 5.41) is 8.18. The first-order valence-electron chi connectivity index (χ1n) is 8.24. The summed E-state index contributed by atoms with van der Waals surface area (Å²) in [6.45, 7) is 4.13. The summed E-state index contributed by atoms with van der Waals surface area (Å²) in [5.41, 5.74) is 12.7. The number of guanidine groups is 1. The first-order valence-corrected chi connectivity index (χ1v) is 8.24. The van der Waals surface area contributed by atoms with Crippen molar-refractivity contribution in [3.63, 3.8) is 0 Å². The Labute approximate surface area is 157 Å². The van der Waals surface area contributed by atoms with Crippen molar-refractivity contribution >= 4 is 23.1 Å². The SMILES string of the molecule is C=C1C(c2ccc(C(=O)N(C)C)cc2)=CC=CN1NC(N)=Nc1cn[nH]c1. The van der Waals surface area contributed by atoms with Crippen LogP contribution in [0.2, 0.25) is 0 Å². The normalized spacial score (nSPS) is 14.1. The first-order chi connectivity index (χ1) is 13.0. The molecule has 0 spiro atoms. The number of nitrogens with one attached hydrogen (secondary N) is 2. The molecule has 0 atom stereocenters. The number of benzene rings is 1. The number of rotatable bonds is 4. The average molecular weight is 363 g/mol. The molecule has 4 N–H and O–H groups in total. The fourth-order valence-corrected chi connectivity index (χ4v) is 2.55. The summed E-state index contributed by atoms with van der Waals surface area (Å²) in [6, 6.07) is 7.40. The lowest BCUT2D eigenvalue weighted by Crippen LogP contribution is -2.42. The molecule has 1 aromatic carbocycles. The number of hydrogen-bond acceptors (Lipinski definition) is 4. The van der Waals surface area contributed by atoms with E-state index in [0.29, 0.717) is 16.9 Å². The topological polar surface area (TPSA) is 103 Å². The van der Waals surface area contributed by atoms with Crippen molar-refractivity contribution in [1.82, 2.24) is 25.5 Å². The maximum Gasteiger partial charge on any atom is 0.253 e. The lowest BCUT2D eigenvalue weighted by molar-refractivity contribution is 0.0827. The highest BCUT2D eigenvalue weighted by Crippen LogP contribution is 2.27. The minimum Gasteiger partial charge on any atom is -0.368 e. The Morgan fingerprint density at radius 3 is 2.70 bits per heavy atom. The molecular formula is C19H21N7O. The maximum absolute atomic E-state index is 12.0. The molecule has 1 aliphatic heterocycles. The van der Waals surface area contributed by atoms with E-state index in [9.17, 15) is 4.79 Å². The molecule has 1 amide bonds. The number of carbonyl (C=O) groups excluding carboxylic acids is 1. The number of nitrogens with zero attached hydrogens (tertiary/aromatic N) is 4. The predicted octanol–water partition coefficient (Wildman–Crippen LogP) is 1.99. The molecule has 8 heteroatoms. The van der Waals surface area contributed by atoms with Crippen LogP contribution >= 0.6 is 0 Å². The van der Waals surface area contributed by atoms with Crippen LogP contribution in [0, 0.1) is 0 Å². The molecule has 3 rings (SSSR count). The molecule has 2 aromatic rings. The van der Waals surface area contributed by atoms with E-state index in [1.54, 1.807) is 54.7 Å². The summed E-state index contributed by atoms with van der Waals surface area (Å²) < 4.78 is 0. The summed E-state index contributed by atoms with van der Waals surface area (Å²) in [6.07, 6.45) is 8.83. The molecular weight excluding hydrogens is 342 g/mol. The highest BCUT2D eigenvalue weighted by atomic mass is 16.2.